The maximum Gasteiger partial charge on any atom is 0.0234 e. The average molecular weight is 371 g/mol. The van der Waals surface area contributed by atoms with Crippen molar-refractivity contribution in [2.45, 2.75) is 38.4 Å². The van der Waals surface area contributed by atoms with Crippen LogP contribution in [0.25, 0.3) is 0 Å². The number of nitrogens with zero attached hydrogens (tertiary/aromatic N) is 1. The van der Waals surface area contributed by atoms with E-state index in [0.717, 1.165) is 26.2 Å². The van der Waals surface area contributed by atoms with Crippen molar-refractivity contribution in [3.05, 3.63) is 107 Å². The van der Waals surface area contributed by atoms with Gasteiger partial charge in [-0.3, -0.25) is 4.90 Å². The summed E-state index contributed by atoms with van der Waals surface area (Å²) in [5, 5.41) is 3.87. The molecule has 2 nitrogen and oxygen atoms in total. The molecule has 1 fully saturated rings. The molecule has 2 heteroatoms. The molecule has 0 saturated carbocycles. The summed E-state index contributed by atoms with van der Waals surface area (Å²) in [6, 6.07) is 31.2. The first-order valence-corrected chi connectivity index (χ1v) is 10.4. The highest BCUT2D eigenvalue weighted by Crippen LogP contribution is 2.28. The second-order valence-corrected chi connectivity index (χ2v) is 8.00. The molecule has 0 radical (unpaired) electrons. The van der Waals surface area contributed by atoms with Crippen molar-refractivity contribution in [2.24, 2.45) is 0 Å². The minimum absolute atomic E-state index is 0.509. The molecule has 1 heterocycles. The lowest BCUT2D eigenvalue weighted by Gasteiger charge is -2.39. The molecule has 0 bridgehead atoms. The van der Waals surface area contributed by atoms with E-state index in [0.29, 0.717) is 12.0 Å². The van der Waals surface area contributed by atoms with Crippen molar-refractivity contribution < 1.29 is 0 Å². The van der Waals surface area contributed by atoms with Crippen LogP contribution in [0.2, 0.25) is 0 Å². The van der Waals surface area contributed by atoms with E-state index in [2.05, 4.69) is 102 Å². The molecule has 28 heavy (non-hydrogen) atoms. The lowest BCUT2D eigenvalue weighted by atomic mass is 9.85. The van der Waals surface area contributed by atoms with E-state index in [-0.39, 0.29) is 0 Å². The van der Waals surface area contributed by atoms with Crippen LogP contribution in [-0.2, 0) is 13.1 Å². The van der Waals surface area contributed by atoms with Crippen molar-refractivity contribution in [1.82, 2.24) is 10.2 Å². The van der Waals surface area contributed by atoms with Crippen molar-refractivity contribution in [1.29, 1.82) is 0 Å². The van der Waals surface area contributed by atoms with Crippen molar-refractivity contribution in [3.63, 3.8) is 0 Å². The summed E-state index contributed by atoms with van der Waals surface area (Å²) in [7, 11) is 0. The van der Waals surface area contributed by atoms with Crippen LogP contribution >= 0.6 is 0 Å². The summed E-state index contributed by atoms with van der Waals surface area (Å²) < 4.78 is 0. The smallest absolute Gasteiger partial charge is 0.0234 e. The van der Waals surface area contributed by atoms with E-state index in [4.69, 9.17) is 0 Å². The highest BCUT2D eigenvalue weighted by atomic mass is 15.1. The Morgan fingerprint density at radius 3 is 2.32 bits per heavy atom. The Kier molecular flexibility index (Phi) is 6.20. The summed E-state index contributed by atoms with van der Waals surface area (Å²) in [4.78, 5) is 2.61. The highest BCUT2D eigenvalue weighted by molar-refractivity contribution is 5.25. The van der Waals surface area contributed by atoms with E-state index < -0.39 is 0 Å². The first kappa shape index (κ1) is 18.9. The third kappa shape index (κ3) is 4.89. The molecular weight excluding hydrogens is 340 g/mol. The first-order valence-electron chi connectivity index (χ1n) is 10.4. The van der Waals surface area contributed by atoms with Gasteiger partial charge in [0.05, 0.1) is 0 Å². The van der Waals surface area contributed by atoms with E-state index in [1.165, 1.54) is 28.7 Å². The Labute approximate surface area is 169 Å². The van der Waals surface area contributed by atoms with Gasteiger partial charge in [-0.2, -0.15) is 0 Å². The fraction of sp³-hybridized carbons (Fsp3) is 0.308. The van der Waals surface area contributed by atoms with Crippen molar-refractivity contribution in [3.8, 4) is 0 Å². The largest absolute Gasteiger partial charge is 0.309 e. The molecule has 1 saturated heterocycles. The van der Waals surface area contributed by atoms with Crippen LogP contribution in [0.5, 0.6) is 0 Å². The molecule has 3 aromatic rings. The maximum absolute atomic E-state index is 3.87. The van der Waals surface area contributed by atoms with E-state index in [1.54, 1.807) is 0 Å². The number of likely N-dealkylation sites (tertiary alicyclic amines) is 1. The van der Waals surface area contributed by atoms with Gasteiger partial charge in [0.25, 0.3) is 0 Å². The zero-order chi connectivity index (χ0) is 19.2. The van der Waals surface area contributed by atoms with E-state index in [1.807, 2.05) is 0 Å². The molecule has 0 aliphatic carbocycles. The second-order valence-electron chi connectivity index (χ2n) is 8.00. The lowest BCUT2D eigenvalue weighted by Crippen LogP contribution is -2.47. The molecule has 2 atom stereocenters. The van der Waals surface area contributed by atoms with Crippen LogP contribution < -0.4 is 5.32 Å². The maximum atomic E-state index is 3.87. The number of benzene rings is 3. The predicted molar refractivity (Wildman–Crippen MR) is 117 cm³/mol. The fourth-order valence-electron chi connectivity index (χ4n) is 4.36. The van der Waals surface area contributed by atoms with Gasteiger partial charge in [-0.25, -0.2) is 0 Å². The molecule has 1 N–H and O–H groups in total. The zero-order valence-electron chi connectivity index (χ0n) is 16.7. The molecule has 0 amide bonds. The minimum atomic E-state index is 0.509. The monoisotopic (exact) mass is 370 g/mol. The van der Waals surface area contributed by atoms with Crippen LogP contribution in [0.4, 0.5) is 0 Å². The normalized spacial score (nSPS) is 20.2. The SMILES string of the molecule is Cc1cccc(CN[C@H]2CCN(Cc3ccccc3)C[C@H]2c2ccccc2)c1. The average Bonchev–Trinajstić information content (AvgIpc) is 2.74. The number of hydrogen-bond acceptors (Lipinski definition) is 2. The van der Waals surface area contributed by atoms with Crippen molar-refractivity contribution in [2.75, 3.05) is 13.1 Å². The van der Waals surface area contributed by atoms with Gasteiger partial charge in [0.1, 0.15) is 0 Å². The fourth-order valence-corrected chi connectivity index (χ4v) is 4.36. The minimum Gasteiger partial charge on any atom is -0.309 e. The Morgan fingerprint density at radius 2 is 1.57 bits per heavy atom. The summed E-state index contributed by atoms with van der Waals surface area (Å²) in [6.45, 7) is 6.38. The van der Waals surface area contributed by atoms with Gasteiger partial charge in [-0.05, 0) is 30.0 Å². The number of hydrogen-bond donors (Lipinski definition) is 1. The quantitative estimate of drug-likeness (QED) is 0.646. The van der Waals surface area contributed by atoms with Crippen LogP contribution in [0.3, 0.4) is 0 Å². The van der Waals surface area contributed by atoms with E-state index in [9.17, 15) is 0 Å². The molecule has 4 rings (SSSR count). The van der Waals surface area contributed by atoms with Gasteiger partial charge in [0, 0.05) is 38.1 Å². The van der Waals surface area contributed by atoms with Gasteiger partial charge in [0.2, 0.25) is 0 Å². The van der Waals surface area contributed by atoms with Gasteiger partial charge < -0.3 is 5.32 Å². The molecule has 0 spiro atoms. The summed E-state index contributed by atoms with van der Waals surface area (Å²) in [6.07, 6.45) is 1.18. The van der Waals surface area contributed by atoms with Gasteiger partial charge >= 0.3 is 0 Å². The van der Waals surface area contributed by atoms with Gasteiger partial charge in [-0.1, -0.05) is 90.5 Å². The standard InChI is InChI=1S/C26H30N2/c1-21-9-8-12-23(17-21)18-27-26-15-16-28(19-22-10-4-2-5-11-22)20-25(26)24-13-6-3-7-14-24/h2-14,17,25-27H,15-16,18-20H2,1H3/t25-,26-/m0/s1. The number of nitrogens with one attached hydrogen (secondary N) is 1. The van der Waals surface area contributed by atoms with Gasteiger partial charge in [0.15, 0.2) is 0 Å². The Hall–Kier alpha value is -2.42. The van der Waals surface area contributed by atoms with Crippen LogP contribution in [0, 0.1) is 6.92 Å². The van der Waals surface area contributed by atoms with Crippen LogP contribution in [0.15, 0.2) is 84.9 Å². The van der Waals surface area contributed by atoms with Crippen LogP contribution in [-0.4, -0.2) is 24.0 Å². The van der Waals surface area contributed by atoms with E-state index >= 15 is 0 Å². The summed E-state index contributed by atoms with van der Waals surface area (Å²) in [5.74, 6) is 0.517. The second kappa shape index (κ2) is 9.18. The Bertz CT molecular complexity index is 860. The number of aryl methyl sites for hydroxylation is 1. The molecule has 3 aromatic carbocycles. The predicted octanol–water partition coefficient (Wildman–Crippen LogP) is 5.14. The molecule has 1 aliphatic heterocycles. The molecule has 0 unspecified atom stereocenters. The highest BCUT2D eigenvalue weighted by Gasteiger charge is 2.30. The van der Waals surface area contributed by atoms with Crippen molar-refractivity contribution >= 4 is 0 Å². The zero-order valence-corrected chi connectivity index (χ0v) is 16.7. The summed E-state index contributed by atoms with van der Waals surface area (Å²) >= 11 is 0. The topological polar surface area (TPSA) is 15.3 Å². The molecular formula is C26H30N2. The molecule has 0 aromatic heterocycles. The Balaban J connectivity index is 1.46. The molecule has 1 aliphatic rings. The van der Waals surface area contributed by atoms with Gasteiger partial charge in [-0.15, -0.1) is 0 Å². The number of rotatable bonds is 6. The molecule has 144 valence electrons. The van der Waals surface area contributed by atoms with Crippen LogP contribution in [0.1, 0.15) is 34.6 Å². The summed E-state index contributed by atoms with van der Waals surface area (Å²) in [5.41, 5.74) is 5.55. The lowest BCUT2D eigenvalue weighted by molar-refractivity contribution is 0.166. The first-order chi connectivity index (χ1) is 13.8. The Morgan fingerprint density at radius 1 is 0.857 bits per heavy atom. The third-order valence-electron chi connectivity index (χ3n) is 5.82. The number of piperidine rings is 1. The third-order valence-corrected chi connectivity index (χ3v) is 5.82.